The molecule has 0 bridgehead atoms. The van der Waals surface area contributed by atoms with Gasteiger partial charge in [0, 0.05) is 65.0 Å². The lowest BCUT2D eigenvalue weighted by Crippen LogP contribution is -2.20. The third-order valence-electron chi connectivity index (χ3n) is 11.7. The fourth-order valence-electron chi connectivity index (χ4n) is 9.05. The van der Waals surface area contributed by atoms with Crippen LogP contribution in [-0.2, 0) is 0 Å². The van der Waals surface area contributed by atoms with E-state index in [1.165, 1.54) is 53.1 Å². The van der Waals surface area contributed by atoms with Gasteiger partial charge in [-0.3, -0.25) is 0 Å². The Labute approximate surface area is 333 Å². The lowest BCUT2D eigenvalue weighted by atomic mass is 9.84. The van der Waals surface area contributed by atoms with Crippen LogP contribution in [0.1, 0.15) is 35.7 Å². The van der Waals surface area contributed by atoms with E-state index in [1.807, 2.05) is 18.2 Å². The van der Waals surface area contributed by atoms with Gasteiger partial charge in [-0.15, -0.1) is 11.3 Å². The first-order chi connectivity index (χ1) is 28.2. The van der Waals surface area contributed by atoms with Gasteiger partial charge < -0.3 is 9.30 Å². The molecule has 0 spiro atoms. The number of thiophene rings is 1. The molecule has 5 nitrogen and oxygen atoms in total. The largest absolute Gasteiger partial charge is 0.485 e. The van der Waals surface area contributed by atoms with Crippen molar-refractivity contribution >= 4 is 64.5 Å². The molecule has 6 heteroatoms. The fraction of sp³-hybridized carbons (Fsp3) is 0.0784. The van der Waals surface area contributed by atoms with Crippen LogP contribution in [0.15, 0.2) is 170 Å². The predicted octanol–water partition coefficient (Wildman–Crippen LogP) is 12.9. The molecular weight excluding hydrogens is 717 g/mol. The average molecular weight is 751 g/mol. The summed E-state index contributed by atoms with van der Waals surface area (Å²) in [6, 6.07) is 47.6. The maximum Gasteiger partial charge on any atom is 0.165 e. The van der Waals surface area contributed by atoms with Crippen LogP contribution < -0.4 is 4.74 Å². The second-order valence-electron chi connectivity index (χ2n) is 15.0. The van der Waals surface area contributed by atoms with Crippen molar-refractivity contribution in [1.29, 1.82) is 0 Å². The molecule has 4 heterocycles. The van der Waals surface area contributed by atoms with Crippen LogP contribution in [0.3, 0.4) is 0 Å². The van der Waals surface area contributed by atoms with Crippen molar-refractivity contribution in [2.45, 2.75) is 24.9 Å². The molecular formula is C51H34N4OS. The summed E-state index contributed by atoms with van der Waals surface area (Å²) in [7, 11) is 0. The van der Waals surface area contributed by atoms with Gasteiger partial charge in [-0.1, -0.05) is 127 Å². The Morgan fingerprint density at radius 3 is 2.33 bits per heavy atom. The molecule has 3 aliphatic rings. The number of fused-ring (bicyclic) bond motifs is 9. The van der Waals surface area contributed by atoms with Gasteiger partial charge in [0.05, 0.1) is 17.0 Å². The zero-order valence-electron chi connectivity index (χ0n) is 30.8. The molecule has 2 unspecified atom stereocenters. The van der Waals surface area contributed by atoms with E-state index in [9.17, 15) is 0 Å². The summed E-state index contributed by atoms with van der Waals surface area (Å²) in [6.07, 6.45) is 15.0. The van der Waals surface area contributed by atoms with Crippen LogP contribution >= 0.6 is 11.3 Å². The summed E-state index contributed by atoms with van der Waals surface area (Å²) in [5.74, 6) is 2.80. The number of para-hydroxylation sites is 1. The Morgan fingerprint density at radius 2 is 1.42 bits per heavy atom. The Balaban J connectivity index is 0.991. The van der Waals surface area contributed by atoms with Crippen LogP contribution in [0.25, 0.3) is 81.6 Å². The van der Waals surface area contributed by atoms with Gasteiger partial charge in [-0.05, 0) is 60.4 Å². The predicted molar refractivity (Wildman–Crippen MR) is 235 cm³/mol. The van der Waals surface area contributed by atoms with Gasteiger partial charge in [-0.25, -0.2) is 15.0 Å². The number of ether oxygens (including phenoxy) is 1. The van der Waals surface area contributed by atoms with Gasteiger partial charge >= 0.3 is 0 Å². The standard InChI is InChI=1S/C51H34N4OS/c1-3-13-31(14-4-1)33-25-27-36-35-17-7-9-22-42(35)55(43(36)29-33)34-26-28-39-45(30-34)56-44-23-12-20-40(47(39)44)50-52-49(32-15-5-2-6-16-32)53-51(54-50)41-21-11-19-38-37-18-8-10-24-46(37)57-48(38)41/h1-3,5-13,15-30,44,47H,4,14H2. The normalized spacial score (nSPS) is 17.2. The Bertz CT molecular complexity index is 3240. The zero-order valence-corrected chi connectivity index (χ0v) is 31.7. The number of aromatic nitrogens is 4. The number of nitrogens with zero attached hydrogens (tertiary/aromatic N) is 4. The van der Waals surface area contributed by atoms with Crippen molar-refractivity contribution < 1.29 is 4.74 Å². The van der Waals surface area contributed by atoms with Crippen molar-refractivity contribution in [2.75, 3.05) is 0 Å². The minimum Gasteiger partial charge on any atom is -0.485 e. The van der Waals surface area contributed by atoms with E-state index in [0.717, 1.165) is 46.5 Å². The summed E-state index contributed by atoms with van der Waals surface area (Å²) in [4.78, 5) is 15.6. The van der Waals surface area contributed by atoms with Crippen LogP contribution in [0.4, 0.5) is 0 Å². The Kier molecular flexibility index (Phi) is 7.29. The van der Waals surface area contributed by atoms with Crippen molar-refractivity contribution in [1.82, 2.24) is 19.5 Å². The van der Waals surface area contributed by atoms with Crippen molar-refractivity contribution in [3.63, 3.8) is 0 Å². The highest BCUT2D eigenvalue weighted by Crippen LogP contribution is 2.49. The summed E-state index contributed by atoms with van der Waals surface area (Å²) in [6.45, 7) is 0. The molecule has 270 valence electrons. The molecule has 0 fully saturated rings. The van der Waals surface area contributed by atoms with E-state index in [4.69, 9.17) is 19.7 Å². The van der Waals surface area contributed by atoms with Crippen LogP contribution in [0, 0.1) is 0 Å². The Morgan fingerprint density at radius 1 is 0.614 bits per heavy atom. The number of benzene rings is 6. The Hall–Kier alpha value is -6.89. The van der Waals surface area contributed by atoms with E-state index >= 15 is 0 Å². The molecule has 0 amide bonds. The quantitative estimate of drug-likeness (QED) is 0.176. The van der Waals surface area contributed by atoms with Gasteiger partial charge in [0.1, 0.15) is 11.9 Å². The minimum atomic E-state index is -0.183. The average Bonchev–Trinajstić information content (AvgIpc) is 3.96. The number of hydrogen-bond donors (Lipinski definition) is 0. The van der Waals surface area contributed by atoms with E-state index in [-0.39, 0.29) is 12.0 Å². The first-order valence-electron chi connectivity index (χ1n) is 19.6. The van der Waals surface area contributed by atoms with Crippen LogP contribution in [0.5, 0.6) is 5.75 Å². The molecule has 57 heavy (non-hydrogen) atoms. The molecule has 1 aliphatic heterocycles. The summed E-state index contributed by atoms with van der Waals surface area (Å²) < 4.78 is 11.7. The maximum atomic E-state index is 6.84. The maximum absolute atomic E-state index is 6.84. The fourth-order valence-corrected chi connectivity index (χ4v) is 10.3. The SMILES string of the molecule is C1=CCCC(c2ccc3c4ccccc4n(-c4ccc5c(c4)OC4C=CC=C(c6nc(-c7ccccc7)nc(-c7cccc8c7sc7ccccc78)n6)C54)c3c2)=C1. The minimum absolute atomic E-state index is 0.0749. The van der Waals surface area contributed by atoms with Crippen LogP contribution in [0.2, 0.25) is 0 Å². The van der Waals surface area contributed by atoms with E-state index in [2.05, 4.69) is 156 Å². The lowest BCUT2D eigenvalue weighted by molar-refractivity contribution is 0.271. The smallest absolute Gasteiger partial charge is 0.165 e. The van der Waals surface area contributed by atoms with Gasteiger partial charge in [0.2, 0.25) is 0 Å². The topological polar surface area (TPSA) is 52.8 Å². The lowest BCUT2D eigenvalue weighted by Gasteiger charge is -2.22. The van der Waals surface area contributed by atoms with Crippen molar-refractivity contribution in [2.24, 2.45) is 0 Å². The molecule has 2 aliphatic carbocycles. The number of rotatable bonds is 5. The molecule has 9 aromatic rings. The molecule has 6 aromatic carbocycles. The van der Waals surface area contributed by atoms with E-state index in [0.29, 0.717) is 17.5 Å². The number of allylic oxidation sites excluding steroid dienone is 6. The molecule has 0 radical (unpaired) electrons. The third-order valence-corrected chi connectivity index (χ3v) is 12.9. The second kappa shape index (κ2) is 12.8. The molecule has 0 saturated carbocycles. The molecule has 12 rings (SSSR count). The highest BCUT2D eigenvalue weighted by atomic mass is 32.1. The van der Waals surface area contributed by atoms with Gasteiger partial charge in [-0.2, -0.15) is 0 Å². The second-order valence-corrected chi connectivity index (χ2v) is 16.0. The van der Waals surface area contributed by atoms with Crippen molar-refractivity contribution in [3.8, 4) is 34.2 Å². The van der Waals surface area contributed by atoms with Crippen LogP contribution in [-0.4, -0.2) is 25.6 Å². The monoisotopic (exact) mass is 750 g/mol. The van der Waals surface area contributed by atoms with E-state index in [1.54, 1.807) is 11.3 Å². The van der Waals surface area contributed by atoms with Gasteiger partial charge in [0.25, 0.3) is 0 Å². The molecule has 0 saturated heterocycles. The van der Waals surface area contributed by atoms with Gasteiger partial charge in [0.15, 0.2) is 17.5 Å². The first-order valence-corrected chi connectivity index (χ1v) is 20.4. The summed E-state index contributed by atoms with van der Waals surface area (Å²) in [5.41, 5.74) is 10.2. The highest BCUT2D eigenvalue weighted by Gasteiger charge is 2.39. The number of hydrogen-bond acceptors (Lipinski definition) is 5. The molecule has 2 atom stereocenters. The zero-order chi connectivity index (χ0) is 37.5. The highest BCUT2D eigenvalue weighted by molar-refractivity contribution is 7.26. The summed E-state index contributed by atoms with van der Waals surface area (Å²) in [5, 5.41) is 4.95. The summed E-state index contributed by atoms with van der Waals surface area (Å²) >= 11 is 1.79. The third kappa shape index (κ3) is 5.18. The molecule has 3 aromatic heterocycles. The molecule has 0 N–H and O–H groups in total. The first kappa shape index (κ1) is 32.4. The van der Waals surface area contributed by atoms with E-state index < -0.39 is 0 Å². The van der Waals surface area contributed by atoms with Crippen molar-refractivity contribution in [3.05, 3.63) is 187 Å².